The molecule has 1 spiro atoms. The molecule has 2 aromatic rings. The van der Waals surface area contributed by atoms with E-state index in [2.05, 4.69) is 9.97 Å². The van der Waals surface area contributed by atoms with Crippen molar-refractivity contribution in [2.45, 2.75) is 69.2 Å². The van der Waals surface area contributed by atoms with Crippen LogP contribution < -0.4 is 14.5 Å². The van der Waals surface area contributed by atoms with Gasteiger partial charge in [0.2, 0.25) is 5.88 Å². The van der Waals surface area contributed by atoms with Crippen molar-refractivity contribution in [3.63, 3.8) is 0 Å². The number of nitrogens with zero attached hydrogens (tertiary/aromatic N) is 6. The number of likely N-dealkylation sites (tertiary alicyclic amines) is 1. The van der Waals surface area contributed by atoms with Crippen LogP contribution in [0.2, 0.25) is 5.02 Å². The molecule has 210 valence electrons. The molecule has 0 bridgehead atoms. The molecular weight excluding hydrogens is 556 g/mol. The van der Waals surface area contributed by atoms with E-state index in [0.29, 0.717) is 49.6 Å². The first-order valence-electron chi connectivity index (χ1n) is 13.0. The van der Waals surface area contributed by atoms with Crippen LogP contribution in [0.5, 0.6) is 5.88 Å². The quantitative estimate of drug-likeness (QED) is 0.419. The largest absolute Gasteiger partial charge is 0.474 e. The fourth-order valence-electron chi connectivity index (χ4n) is 5.15. The van der Waals surface area contributed by atoms with Gasteiger partial charge in [0.05, 0.1) is 28.8 Å². The van der Waals surface area contributed by atoms with Gasteiger partial charge in [-0.3, -0.25) is 14.5 Å². The molecule has 2 atom stereocenters. The Morgan fingerprint density at radius 1 is 1.18 bits per heavy atom. The van der Waals surface area contributed by atoms with Crippen molar-refractivity contribution < 1.29 is 23.9 Å². The minimum atomic E-state index is -1.40. The molecule has 2 unspecified atom stereocenters. The Morgan fingerprint density at radius 2 is 1.88 bits per heavy atom. The minimum Gasteiger partial charge on any atom is -0.474 e. The lowest BCUT2D eigenvalue weighted by Crippen LogP contribution is -2.63. The van der Waals surface area contributed by atoms with E-state index in [4.69, 9.17) is 39.0 Å². The highest BCUT2D eigenvalue weighted by Crippen LogP contribution is 2.48. The van der Waals surface area contributed by atoms with Gasteiger partial charge < -0.3 is 19.3 Å². The summed E-state index contributed by atoms with van der Waals surface area (Å²) >= 11 is 10.9. The summed E-state index contributed by atoms with van der Waals surface area (Å²) in [6.45, 7) is 6.55. The number of nitriles is 1. The van der Waals surface area contributed by atoms with Gasteiger partial charge in [-0.1, -0.05) is 11.6 Å². The third-order valence-corrected chi connectivity index (χ3v) is 7.96. The van der Waals surface area contributed by atoms with E-state index in [9.17, 15) is 14.4 Å². The summed E-state index contributed by atoms with van der Waals surface area (Å²) in [6.07, 6.45) is 4.36. The van der Waals surface area contributed by atoms with Crippen molar-refractivity contribution in [3.8, 4) is 11.9 Å². The van der Waals surface area contributed by atoms with Gasteiger partial charge in [-0.05, 0) is 39.3 Å². The second-order valence-electron chi connectivity index (χ2n) is 11.0. The molecule has 0 radical (unpaired) electrons. The van der Waals surface area contributed by atoms with Gasteiger partial charge in [-0.15, -0.1) is 12.6 Å². The Morgan fingerprint density at radius 3 is 2.40 bits per heavy atom. The Bertz CT molecular complexity index is 1390. The Balaban J connectivity index is 1.30. The first kappa shape index (κ1) is 28.0. The fraction of sp³-hybridized carbons (Fsp3) is 0.481. The molecule has 13 heteroatoms. The molecule has 2 aliphatic heterocycles. The average molecular weight is 585 g/mol. The second kappa shape index (κ2) is 10.4. The zero-order valence-corrected chi connectivity index (χ0v) is 24.0. The third-order valence-electron chi connectivity index (χ3n) is 7.21. The molecule has 3 aliphatic rings. The number of ketones is 1. The molecule has 2 saturated heterocycles. The standard InChI is InChI=1S/C27H29ClN6O5S/c1-26(2,3)39-25(37)32-10-7-18(8-11-32)38-22-5-4-16(14-31-22)34-24(40)33(23(36)27(34)9-6-21(27)35)17-12-19(28)20(13-29)30-15-17/h4-5,12,14-15,18,24,40H,6-11H2,1-3H3. The Labute approximate surface area is 242 Å². The molecule has 2 aromatic heterocycles. The van der Waals surface area contributed by atoms with E-state index in [0.717, 1.165) is 0 Å². The topological polar surface area (TPSA) is 129 Å². The summed E-state index contributed by atoms with van der Waals surface area (Å²) in [5.41, 5.74) is -1.88. The van der Waals surface area contributed by atoms with Gasteiger partial charge >= 0.3 is 6.09 Å². The number of anilines is 2. The maximum atomic E-state index is 13.7. The molecule has 2 amide bonds. The fourth-order valence-corrected chi connectivity index (χ4v) is 5.92. The first-order chi connectivity index (χ1) is 18.9. The highest BCUT2D eigenvalue weighted by Gasteiger charge is 2.65. The molecule has 1 saturated carbocycles. The van der Waals surface area contributed by atoms with E-state index in [-0.39, 0.29) is 35.1 Å². The molecule has 4 heterocycles. The van der Waals surface area contributed by atoms with Crippen LogP contribution in [0.1, 0.15) is 52.1 Å². The smallest absolute Gasteiger partial charge is 0.410 e. The Kier molecular flexibility index (Phi) is 7.31. The van der Waals surface area contributed by atoms with Gasteiger partial charge in [0.15, 0.2) is 22.5 Å². The summed E-state index contributed by atoms with van der Waals surface area (Å²) in [6, 6.07) is 6.80. The summed E-state index contributed by atoms with van der Waals surface area (Å²) in [4.78, 5) is 52.1. The van der Waals surface area contributed by atoms with Gasteiger partial charge in [0.25, 0.3) is 5.91 Å². The third kappa shape index (κ3) is 4.92. The van der Waals surface area contributed by atoms with Crippen LogP contribution in [0.4, 0.5) is 16.2 Å². The molecule has 3 fully saturated rings. The highest BCUT2D eigenvalue weighted by atomic mass is 35.5. The van der Waals surface area contributed by atoms with E-state index in [1.165, 1.54) is 17.2 Å². The zero-order chi connectivity index (χ0) is 28.8. The summed E-state index contributed by atoms with van der Waals surface area (Å²) in [7, 11) is 0. The van der Waals surface area contributed by atoms with Crippen LogP contribution in [-0.4, -0.2) is 68.5 Å². The molecule has 40 heavy (non-hydrogen) atoms. The average Bonchev–Trinajstić information content (AvgIpc) is 3.15. The number of piperidine rings is 1. The van der Waals surface area contributed by atoms with Crippen molar-refractivity contribution in [2.24, 2.45) is 0 Å². The number of halogens is 1. The lowest BCUT2D eigenvalue weighted by molar-refractivity contribution is -0.138. The van der Waals surface area contributed by atoms with Crippen molar-refractivity contribution in [1.82, 2.24) is 14.9 Å². The van der Waals surface area contributed by atoms with Gasteiger partial charge in [-0.2, -0.15) is 5.26 Å². The van der Waals surface area contributed by atoms with Crippen molar-refractivity contribution in [1.29, 1.82) is 5.26 Å². The molecular formula is C27H29ClN6O5S. The van der Waals surface area contributed by atoms with Gasteiger partial charge in [0.1, 0.15) is 17.8 Å². The SMILES string of the molecule is CC(C)(C)OC(=O)N1CCC(Oc2ccc(N3C(S)N(c4cnc(C#N)c(Cl)c4)C(=O)C34CCC4=O)cn2)CC1. The van der Waals surface area contributed by atoms with Crippen LogP contribution in [-0.2, 0) is 14.3 Å². The second-order valence-corrected chi connectivity index (χ2v) is 11.8. The van der Waals surface area contributed by atoms with Crippen LogP contribution in [0.25, 0.3) is 0 Å². The van der Waals surface area contributed by atoms with Crippen molar-refractivity contribution >= 4 is 53.4 Å². The summed E-state index contributed by atoms with van der Waals surface area (Å²) in [5, 5.41) is 9.25. The molecule has 5 rings (SSSR count). The minimum absolute atomic E-state index is 0.0365. The number of aromatic nitrogens is 2. The summed E-state index contributed by atoms with van der Waals surface area (Å²) < 4.78 is 11.5. The maximum Gasteiger partial charge on any atom is 0.410 e. The first-order valence-corrected chi connectivity index (χ1v) is 13.8. The zero-order valence-electron chi connectivity index (χ0n) is 22.3. The predicted octanol–water partition coefficient (Wildman–Crippen LogP) is 3.95. The summed E-state index contributed by atoms with van der Waals surface area (Å²) in [5.74, 6) is -0.234. The lowest BCUT2D eigenvalue weighted by atomic mass is 9.74. The number of carbonyl (C=O) groups is 3. The number of Topliss-reactive ketones (excluding diaryl/α,β-unsaturated/α-hetero) is 1. The number of hydrogen-bond donors (Lipinski definition) is 1. The van der Waals surface area contributed by atoms with Crippen molar-refractivity contribution in [2.75, 3.05) is 22.9 Å². The maximum absolute atomic E-state index is 13.7. The number of amides is 2. The van der Waals surface area contributed by atoms with E-state index in [1.807, 2.05) is 26.8 Å². The van der Waals surface area contributed by atoms with E-state index < -0.39 is 22.5 Å². The van der Waals surface area contributed by atoms with Crippen LogP contribution >= 0.6 is 24.2 Å². The van der Waals surface area contributed by atoms with Gasteiger partial charge in [0, 0.05) is 38.4 Å². The van der Waals surface area contributed by atoms with Crippen LogP contribution in [0.3, 0.4) is 0 Å². The monoisotopic (exact) mass is 584 g/mol. The Hall–Kier alpha value is -3.56. The number of rotatable bonds is 4. The normalized spacial score (nSPS) is 23.3. The van der Waals surface area contributed by atoms with Crippen LogP contribution in [0.15, 0.2) is 30.6 Å². The number of ether oxygens (including phenoxy) is 2. The van der Waals surface area contributed by atoms with Gasteiger partial charge in [-0.25, -0.2) is 14.8 Å². The van der Waals surface area contributed by atoms with Crippen LogP contribution in [0, 0.1) is 11.3 Å². The number of carbonyl (C=O) groups excluding carboxylic acids is 3. The highest BCUT2D eigenvalue weighted by molar-refractivity contribution is 7.81. The van der Waals surface area contributed by atoms with E-state index in [1.54, 1.807) is 28.1 Å². The van der Waals surface area contributed by atoms with E-state index >= 15 is 0 Å². The van der Waals surface area contributed by atoms with Crippen molar-refractivity contribution in [3.05, 3.63) is 41.3 Å². The molecule has 1 aliphatic carbocycles. The number of thiol groups is 1. The molecule has 0 N–H and O–H groups in total. The lowest BCUT2D eigenvalue weighted by Gasteiger charge is -2.42. The molecule has 11 nitrogen and oxygen atoms in total. The number of pyridine rings is 2. The number of hydrogen-bond acceptors (Lipinski definition) is 10. The molecule has 0 aromatic carbocycles. The predicted molar refractivity (Wildman–Crippen MR) is 149 cm³/mol.